The molecule has 10 nitrogen and oxygen atoms in total. The number of nitrogens with two attached hydrogens (primary N) is 1. The number of sulfonamides is 1. The Bertz CT molecular complexity index is 1260. The van der Waals surface area contributed by atoms with E-state index in [1.54, 1.807) is 57.5 Å². The van der Waals surface area contributed by atoms with Crippen molar-refractivity contribution in [3.05, 3.63) is 60.8 Å². The smallest absolute Gasteiger partial charge is 0.243 e. The van der Waals surface area contributed by atoms with E-state index in [0.717, 1.165) is 0 Å². The maximum absolute atomic E-state index is 12.4. The lowest BCUT2D eigenvalue weighted by Crippen LogP contribution is -2.17. The number of nitrogens with one attached hydrogen (secondary N) is 2. The standard InChI is InChI=1S/C22H25N5O5S/c1-5-12-32-20-14(2)6-8-16(21(20)33(23,28)29)26-19-10-11-24-22(27-19)25-15-7-9-17(30-3)18(13-15)31-4/h5-11,13H,1,12H2,2-4H3,(H2,23,28,29)(H2,24,25,26,27). The summed E-state index contributed by atoms with van der Waals surface area (Å²) in [5, 5.41) is 11.6. The molecule has 0 aliphatic rings. The first-order valence-electron chi connectivity index (χ1n) is 9.76. The molecule has 1 heterocycles. The van der Waals surface area contributed by atoms with Crippen LogP contribution < -0.4 is 30.0 Å². The molecule has 0 aliphatic carbocycles. The summed E-state index contributed by atoms with van der Waals surface area (Å²) < 4.78 is 40.9. The highest BCUT2D eigenvalue weighted by atomic mass is 32.2. The van der Waals surface area contributed by atoms with Crippen LogP contribution in [0.4, 0.5) is 23.1 Å². The molecule has 3 aromatic rings. The van der Waals surface area contributed by atoms with Crippen molar-refractivity contribution >= 4 is 33.2 Å². The van der Waals surface area contributed by atoms with Gasteiger partial charge >= 0.3 is 0 Å². The van der Waals surface area contributed by atoms with Crippen LogP contribution in [-0.4, -0.2) is 39.2 Å². The van der Waals surface area contributed by atoms with Gasteiger partial charge in [-0.1, -0.05) is 18.7 Å². The number of primary sulfonamides is 1. The van der Waals surface area contributed by atoms with E-state index in [-0.39, 0.29) is 28.9 Å². The summed E-state index contributed by atoms with van der Waals surface area (Å²) in [5.41, 5.74) is 1.51. The average molecular weight is 472 g/mol. The van der Waals surface area contributed by atoms with Gasteiger partial charge in [0.2, 0.25) is 16.0 Å². The van der Waals surface area contributed by atoms with E-state index in [2.05, 4.69) is 27.2 Å². The van der Waals surface area contributed by atoms with Crippen LogP contribution in [0.5, 0.6) is 17.2 Å². The van der Waals surface area contributed by atoms with E-state index < -0.39 is 10.0 Å². The van der Waals surface area contributed by atoms with Crippen molar-refractivity contribution in [3.63, 3.8) is 0 Å². The molecule has 4 N–H and O–H groups in total. The first-order valence-corrected chi connectivity index (χ1v) is 11.3. The maximum Gasteiger partial charge on any atom is 0.243 e. The van der Waals surface area contributed by atoms with Crippen molar-refractivity contribution in [3.8, 4) is 17.2 Å². The average Bonchev–Trinajstić information content (AvgIpc) is 2.78. The minimum Gasteiger partial charge on any atom is -0.493 e. The van der Waals surface area contributed by atoms with Gasteiger partial charge in [0, 0.05) is 18.0 Å². The lowest BCUT2D eigenvalue weighted by atomic mass is 10.2. The van der Waals surface area contributed by atoms with Gasteiger partial charge in [0.15, 0.2) is 11.5 Å². The molecule has 3 rings (SSSR count). The predicted molar refractivity (Wildman–Crippen MR) is 126 cm³/mol. The molecule has 0 saturated carbocycles. The number of methoxy groups -OCH3 is 2. The molecular formula is C22H25N5O5S. The van der Waals surface area contributed by atoms with Crippen LogP contribution in [0.3, 0.4) is 0 Å². The number of hydrogen-bond acceptors (Lipinski definition) is 9. The van der Waals surface area contributed by atoms with E-state index in [0.29, 0.717) is 28.6 Å². The molecule has 0 saturated heterocycles. The number of hydrogen-bond donors (Lipinski definition) is 3. The molecule has 11 heteroatoms. The van der Waals surface area contributed by atoms with E-state index >= 15 is 0 Å². The number of nitrogens with zero attached hydrogens (tertiary/aromatic N) is 2. The van der Waals surface area contributed by atoms with Gasteiger partial charge in [-0.05, 0) is 36.8 Å². The number of aromatic nitrogens is 2. The second-order valence-electron chi connectivity index (χ2n) is 6.82. The lowest BCUT2D eigenvalue weighted by Gasteiger charge is -2.17. The highest BCUT2D eigenvalue weighted by Crippen LogP contribution is 2.35. The van der Waals surface area contributed by atoms with Crippen LogP contribution >= 0.6 is 0 Å². The van der Waals surface area contributed by atoms with Crippen LogP contribution in [-0.2, 0) is 10.0 Å². The van der Waals surface area contributed by atoms with Gasteiger partial charge in [0.05, 0.1) is 19.9 Å². The third kappa shape index (κ3) is 5.70. The summed E-state index contributed by atoms with van der Waals surface area (Å²) in [7, 11) is -1.02. The first kappa shape index (κ1) is 23.8. The Kier molecular flexibility index (Phi) is 7.36. The Labute approximate surface area is 192 Å². The lowest BCUT2D eigenvalue weighted by molar-refractivity contribution is 0.351. The van der Waals surface area contributed by atoms with Crippen molar-refractivity contribution < 1.29 is 22.6 Å². The van der Waals surface area contributed by atoms with Crippen molar-refractivity contribution in [2.75, 3.05) is 31.5 Å². The fraction of sp³-hybridized carbons (Fsp3) is 0.182. The van der Waals surface area contributed by atoms with Gasteiger partial charge in [-0.25, -0.2) is 18.5 Å². The fourth-order valence-electron chi connectivity index (χ4n) is 3.03. The van der Waals surface area contributed by atoms with Gasteiger partial charge in [0.25, 0.3) is 0 Å². The summed E-state index contributed by atoms with van der Waals surface area (Å²) in [6.07, 6.45) is 3.04. The van der Waals surface area contributed by atoms with Gasteiger partial charge in [-0.15, -0.1) is 0 Å². The minimum absolute atomic E-state index is 0.125. The zero-order valence-corrected chi connectivity index (χ0v) is 19.3. The molecule has 0 fully saturated rings. The number of ether oxygens (including phenoxy) is 3. The molecule has 0 radical (unpaired) electrons. The van der Waals surface area contributed by atoms with E-state index in [4.69, 9.17) is 19.3 Å². The molecule has 174 valence electrons. The van der Waals surface area contributed by atoms with Crippen molar-refractivity contribution in [1.82, 2.24) is 9.97 Å². The second-order valence-corrected chi connectivity index (χ2v) is 8.32. The van der Waals surface area contributed by atoms with Gasteiger partial charge in [-0.2, -0.15) is 4.98 Å². The van der Waals surface area contributed by atoms with Crippen LogP contribution in [0.25, 0.3) is 0 Å². The molecular weight excluding hydrogens is 446 g/mol. The zero-order valence-electron chi connectivity index (χ0n) is 18.5. The monoisotopic (exact) mass is 471 g/mol. The molecule has 33 heavy (non-hydrogen) atoms. The van der Waals surface area contributed by atoms with Crippen LogP contribution in [0.1, 0.15) is 5.56 Å². The van der Waals surface area contributed by atoms with Crippen LogP contribution in [0, 0.1) is 6.92 Å². The first-order chi connectivity index (χ1) is 15.8. The Morgan fingerprint density at radius 2 is 1.85 bits per heavy atom. The molecule has 0 unspecified atom stereocenters. The largest absolute Gasteiger partial charge is 0.493 e. The molecule has 0 spiro atoms. The molecule has 1 aromatic heterocycles. The SMILES string of the molecule is C=CCOc1c(C)ccc(Nc2ccnc(Nc3ccc(OC)c(OC)c3)n2)c1S(N)(=O)=O. The fourth-order valence-corrected chi connectivity index (χ4v) is 3.94. The molecule has 0 bridgehead atoms. The zero-order chi connectivity index (χ0) is 24.0. The third-order valence-electron chi connectivity index (χ3n) is 4.50. The quantitative estimate of drug-likeness (QED) is 0.379. The summed E-state index contributed by atoms with van der Waals surface area (Å²) in [5.74, 6) is 1.90. The Morgan fingerprint density at radius 3 is 2.52 bits per heavy atom. The van der Waals surface area contributed by atoms with E-state index in [1.807, 2.05) is 0 Å². The highest BCUT2D eigenvalue weighted by molar-refractivity contribution is 7.89. The second kappa shape index (κ2) is 10.2. The Balaban J connectivity index is 1.93. The van der Waals surface area contributed by atoms with E-state index in [9.17, 15) is 8.42 Å². The Morgan fingerprint density at radius 1 is 1.09 bits per heavy atom. The maximum atomic E-state index is 12.4. The third-order valence-corrected chi connectivity index (χ3v) is 5.47. The van der Waals surface area contributed by atoms with Gasteiger partial charge in [-0.3, -0.25) is 0 Å². The van der Waals surface area contributed by atoms with Gasteiger partial charge < -0.3 is 24.8 Å². The topological polar surface area (TPSA) is 138 Å². The molecule has 2 aromatic carbocycles. The summed E-state index contributed by atoms with van der Waals surface area (Å²) in [6.45, 7) is 5.45. The number of aryl methyl sites for hydroxylation is 1. The van der Waals surface area contributed by atoms with Crippen molar-refractivity contribution in [2.45, 2.75) is 11.8 Å². The summed E-state index contributed by atoms with van der Waals surface area (Å²) >= 11 is 0. The van der Waals surface area contributed by atoms with Crippen molar-refractivity contribution in [2.24, 2.45) is 5.14 Å². The molecule has 0 amide bonds. The highest BCUT2D eigenvalue weighted by Gasteiger charge is 2.23. The summed E-state index contributed by atoms with van der Waals surface area (Å²) in [6, 6.07) is 10.2. The summed E-state index contributed by atoms with van der Waals surface area (Å²) in [4.78, 5) is 8.44. The predicted octanol–water partition coefficient (Wildman–Crippen LogP) is 3.50. The Hall–Kier alpha value is -3.83. The van der Waals surface area contributed by atoms with Crippen molar-refractivity contribution in [1.29, 1.82) is 0 Å². The molecule has 0 aliphatic heterocycles. The normalized spacial score (nSPS) is 10.9. The van der Waals surface area contributed by atoms with Gasteiger partial charge in [0.1, 0.15) is 23.1 Å². The van der Waals surface area contributed by atoms with Crippen LogP contribution in [0.15, 0.2) is 60.1 Å². The molecule has 0 atom stereocenters. The number of benzene rings is 2. The number of anilines is 4. The number of rotatable bonds is 10. The minimum atomic E-state index is -4.12. The van der Waals surface area contributed by atoms with E-state index in [1.165, 1.54) is 12.3 Å². The van der Waals surface area contributed by atoms with Crippen LogP contribution in [0.2, 0.25) is 0 Å².